The van der Waals surface area contributed by atoms with Gasteiger partial charge in [0.25, 0.3) is 5.56 Å². The number of carbonyl (C=O) groups excluding carboxylic acids is 1. The van der Waals surface area contributed by atoms with Gasteiger partial charge in [-0.15, -0.1) is 5.10 Å². The summed E-state index contributed by atoms with van der Waals surface area (Å²) in [6.07, 6.45) is -4.42. The lowest BCUT2D eigenvalue weighted by atomic mass is 10.1. The molecular weight excluding hydrogens is 462 g/mol. The standard InChI is InChI=1S/C17H14BrF4N5O2/c1-3-9-6-13(29)27-16(24-15(18)25-27)26(9)7-12(28)23-11-5-4-10(17(20,21)22)14(19)8(11)2/h4-6H,3,7H2,1-2H3,(H,23,28). The van der Waals surface area contributed by atoms with E-state index in [1.165, 1.54) is 10.6 Å². The molecule has 0 spiro atoms. The molecule has 7 nitrogen and oxygen atoms in total. The molecule has 0 aliphatic rings. The molecule has 2 heterocycles. The summed E-state index contributed by atoms with van der Waals surface area (Å²) in [6.45, 7) is 2.62. The van der Waals surface area contributed by atoms with Crippen LogP contribution in [0.2, 0.25) is 0 Å². The van der Waals surface area contributed by atoms with Gasteiger partial charge in [-0.2, -0.15) is 22.7 Å². The Hall–Kier alpha value is -2.76. The van der Waals surface area contributed by atoms with Crippen molar-refractivity contribution in [2.75, 3.05) is 5.32 Å². The van der Waals surface area contributed by atoms with E-state index in [4.69, 9.17) is 0 Å². The quantitative estimate of drug-likeness (QED) is 0.586. The van der Waals surface area contributed by atoms with E-state index < -0.39 is 29.0 Å². The lowest BCUT2D eigenvalue weighted by Crippen LogP contribution is -2.26. The monoisotopic (exact) mass is 475 g/mol. The van der Waals surface area contributed by atoms with E-state index in [9.17, 15) is 27.2 Å². The van der Waals surface area contributed by atoms with Crippen LogP contribution >= 0.6 is 15.9 Å². The van der Waals surface area contributed by atoms with E-state index >= 15 is 0 Å². The molecule has 0 fully saturated rings. The van der Waals surface area contributed by atoms with Gasteiger partial charge >= 0.3 is 6.18 Å². The Morgan fingerprint density at radius 3 is 2.62 bits per heavy atom. The van der Waals surface area contributed by atoms with Crippen molar-refractivity contribution in [2.24, 2.45) is 0 Å². The topological polar surface area (TPSA) is 81.3 Å². The molecule has 0 radical (unpaired) electrons. The Bertz CT molecular complexity index is 1170. The maximum atomic E-state index is 14.1. The predicted octanol–water partition coefficient (Wildman–Crippen LogP) is 3.32. The second-order valence-electron chi connectivity index (χ2n) is 6.15. The molecule has 3 aromatic rings. The van der Waals surface area contributed by atoms with Gasteiger partial charge < -0.3 is 9.88 Å². The Morgan fingerprint density at radius 2 is 2.00 bits per heavy atom. The summed E-state index contributed by atoms with van der Waals surface area (Å²) in [7, 11) is 0. The van der Waals surface area contributed by atoms with Crippen LogP contribution in [-0.2, 0) is 23.9 Å². The first kappa shape index (κ1) is 21.0. The number of carbonyl (C=O) groups is 1. The molecule has 3 rings (SSSR count). The van der Waals surface area contributed by atoms with Crippen molar-refractivity contribution in [1.82, 2.24) is 19.2 Å². The second-order valence-corrected chi connectivity index (χ2v) is 6.86. The summed E-state index contributed by atoms with van der Waals surface area (Å²) in [6, 6.07) is 2.88. The molecule has 0 bridgehead atoms. The zero-order valence-corrected chi connectivity index (χ0v) is 16.7. The molecule has 1 N–H and O–H groups in total. The number of hydrogen-bond acceptors (Lipinski definition) is 4. The number of nitrogens with zero attached hydrogens (tertiary/aromatic N) is 4. The van der Waals surface area contributed by atoms with Gasteiger partial charge in [-0.1, -0.05) is 6.92 Å². The van der Waals surface area contributed by atoms with Crippen molar-refractivity contribution >= 4 is 33.3 Å². The van der Waals surface area contributed by atoms with Crippen LogP contribution in [0.5, 0.6) is 0 Å². The third-order valence-electron chi connectivity index (χ3n) is 4.28. The molecule has 0 atom stereocenters. The molecule has 29 heavy (non-hydrogen) atoms. The van der Waals surface area contributed by atoms with Crippen LogP contribution in [-0.4, -0.2) is 25.1 Å². The normalized spacial score (nSPS) is 11.8. The molecule has 154 valence electrons. The number of alkyl halides is 3. The predicted molar refractivity (Wildman–Crippen MR) is 99.1 cm³/mol. The minimum absolute atomic E-state index is 0.0849. The number of halogens is 5. The van der Waals surface area contributed by atoms with Crippen molar-refractivity contribution < 1.29 is 22.4 Å². The van der Waals surface area contributed by atoms with Crippen LogP contribution in [0.15, 0.2) is 27.7 Å². The van der Waals surface area contributed by atoms with Crippen LogP contribution in [0, 0.1) is 12.7 Å². The maximum absolute atomic E-state index is 14.1. The summed E-state index contributed by atoms with van der Waals surface area (Å²) in [4.78, 5) is 28.7. The van der Waals surface area contributed by atoms with Crippen molar-refractivity contribution in [3.8, 4) is 0 Å². The molecule has 0 unspecified atom stereocenters. The summed E-state index contributed by atoms with van der Waals surface area (Å²) in [5.41, 5.74) is -1.74. The van der Waals surface area contributed by atoms with E-state index in [0.717, 1.165) is 17.5 Å². The first-order chi connectivity index (χ1) is 13.5. The average Bonchev–Trinajstić information content (AvgIpc) is 3.02. The highest BCUT2D eigenvalue weighted by atomic mass is 79.9. The molecule has 1 aromatic carbocycles. The van der Waals surface area contributed by atoms with Crippen LogP contribution < -0.4 is 10.9 Å². The van der Waals surface area contributed by atoms with E-state index in [1.807, 2.05) is 0 Å². The van der Waals surface area contributed by atoms with E-state index in [-0.39, 0.29) is 28.3 Å². The molecule has 2 aromatic heterocycles. The molecule has 12 heteroatoms. The van der Waals surface area contributed by atoms with E-state index in [1.54, 1.807) is 6.92 Å². The van der Waals surface area contributed by atoms with Crippen LogP contribution in [0.4, 0.5) is 23.2 Å². The van der Waals surface area contributed by atoms with Crippen LogP contribution in [0.25, 0.3) is 5.78 Å². The molecule has 0 aliphatic carbocycles. The Morgan fingerprint density at radius 1 is 1.31 bits per heavy atom. The van der Waals surface area contributed by atoms with Gasteiger partial charge in [0, 0.05) is 23.0 Å². The zero-order valence-electron chi connectivity index (χ0n) is 15.1. The van der Waals surface area contributed by atoms with Crippen molar-refractivity contribution in [3.05, 3.63) is 55.9 Å². The molecule has 0 aliphatic heterocycles. The number of rotatable bonds is 4. The van der Waals surface area contributed by atoms with Gasteiger partial charge in [0.15, 0.2) is 0 Å². The second kappa shape index (κ2) is 7.58. The minimum Gasteiger partial charge on any atom is -0.324 e. The number of fused-ring (bicyclic) bond motifs is 1. The molecular formula is C17H14BrF4N5O2. The van der Waals surface area contributed by atoms with Gasteiger partial charge in [-0.3, -0.25) is 9.59 Å². The lowest BCUT2D eigenvalue weighted by molar-refractivity contribution is -0.140. The summed E-state index contributed by atoms with van der Waals surface area (Å²) in [5, 5.41) is 6.30. The first-order valence-corrected chi connectivity index (χ1v) is 9.13. The Kier molecular flexibility index (Phi) is 5.48. The number of hydrogen-bond donors (Lipinski definition) is 1. The van der Waals surface area contributed by atoms with E-state index in [2.05, 4.69) is 31.3 Å². The fraction of sp³-hybridized carbons (Fsp3) is 0.294. The summed E-state index contributed by atoms with van der Waals surface area (Å²) in [5.74, 6) is -1.96. The van der Waals surface area contributed by atoms with Crippen LogP contribution in [0.3, 0.4) is 0 Å². The Labute approximate surface area is 169 Å². The minimum atomic E-state index is -4.84. The van der Waals surface area contributed by atoms with Gasteiger partial charge in [0.1, 0.15) is 12.4 Å². The number of amides is 1. The lowest BCUT2D eigenvalue weighted by Gasteiger charge is -2.16. The number of aromatic nitrogens is 4. The highest BCUT2D eigenvalue weighted by molar-refractivity contribution is 9.10. The fourth-order valence-electron chi connectivity index (χ4n) is 2.85. The number of aryl methyl sites for hydroxylation is 1. The SMILES string of the molecule is CCc1cc(=O)n2nc(Br)nc2n1CC(=O)Nc1ccc(C(F)(F)F)c(F)c1C. The number of benzene rings is 1. The van der Waals surface area contributed by atoms with Crippen molar-refractivity contribution in [3.63, 3.8) is 0 Å². The highest BCUT2D eigenvalue weighted by Crippen LogP contribution is 2.34. The highest BCUT2D eigenvalue weighted by Gasteiger charge is 2.35. The van der Waals surface area contributed by atoms with E-state index in [0.29, 0.717) is 18.2 Å². The fourth-order valence-corrected chi connectivity index (χ4v) is 3.17. The largest absolute Gasteiger partial charge is 0.419 e. The van der Waals surface area contributed by atoms with Crippen molar-refractivity contribution in [1.29, 1.82) is 0 Å². The molecule has 0 saturated carbocycles. The van der Waals surface area contributed by atoms with Gasteiger partial charge in [0.2, 0.25) is 16.4 Å². The summed E-state index contributed by atoms with van der Waals surface area (Å²) < 4.78 is 55.1. The molecule has 0 saturated heterocycles. The van der Waals surface area contributed by atoms with Gasteiger partial charge in [0.05, 0.1) is 5.56 Å². The number of anilines is 1. The third-order valence-corrected chi connectivity index (χ3v) is 4.62. The average molecular weight is 476 g/mol. The third kappa shape index (κ3) is 4.02. The van der Waals surface area contributed by atoms with Crippen molar-refractivity contribution in [2.45, 2.75) is 33.0 Å². The van der Waals surface area contributed by atoms with Gasteiger partial charge in [-0.05, 0) is 41.4 Å². The van der Waals surface area contributed by atoms with Crippen LogP contribution in [0.1, 0.15) is 23.7 Å². The number of nitrogens with one attached hydrogen (secondary N) is 1. The van der Waals surface area contributed by atoms with Gasteiger partial charge in [-0.25, -0.2) is 4.39 Å². The first-order valence-electron chi connectivity index (χ1n) is 8.34. The zero-order chi connectivity index (χ0) is 21.5. The maximum Gasteiger partial charge on any atom is 0.419 e. The Balaban J connectivity index is 1.94. The summed E-state index contributed by atoms with van der Waals surface area (Å²) >= 11 is 3.07. The smallest absolute Gasteiger partial charge is 0.324 e. The molecule has 1 amide bonds.